The minimum Gasteiger partial charge on any atom is -0.508 e. The van der Waals surface area contributed by atoms with Crippen molar-refractivity contribution in [2.45, 2.75) is 65.7 Å². The summed E-state index contributed by atoms with van der Waals surface area (Å²) in [5.74, 6) is 0.770. The minimum absolute atomic E-state index is 0.109. The molecule has 0 aliphatic carbocycles. The van der Waals surface area contributed by atoms with Crippen molar-refractivity contribution in [2.24, 2.45) is 0 Å². The number of aromatic hydroxyl groups is 2. The third-order valence-electron chi connectivity index (χ3n) is 4.76. The van der Waals surface area contributed by atoms with E-state index in [1.807, 2.05) is 19.1 Å². The van der Waals surface area contributed by atoms with E-state index in [1.54, 1.807) is 6.07 Å². The van der Waals surface area contributed by atoms with Gasteiger partial charge < -0.3 is 10.2 Å². The molecule has 26 heavy (non-hydrogen) atoms. The van der Waals surface area contributed by atoms with Gasteiger partial charge in [0.15, 0.2) is 0 Å². The highest BCUT2D eigenvalue weighted by Gasteiger charge is 2.20. The molecule has 0 spiro atoms. The Morgan fingerprint density at radius 2 is 1.62 bits per heavy atom. The molecule has 0 bridgehead atoms. The predicted molar refractivity (Wildman–Crippen MR) is 112 cm³/mol. The van der Waals surface area contributed by atoms with Gasteiger partial charge in [-0.2, -0.15) is 0 Å². The SMILES string of the molecule is CCCCCc1cc(/C=C/c2ccc(O)c(C)c2)cc(C(C)(C)C)c1O. The van der Waals surface area contributed by atoms with Gasteiger partial charge >= 0.3 is 0 Å². The van der Waals surface area contributed by atoms with E-state index in [0.29, 0.717) is 11.5 Å². The number of hydrogen-bond donors (Lipinski definition) is 2. The quantitative estimate of drug-likeness (QED) is 0.454. The number of aryl methyl sites for hydroxylation is 2. The first-order valence-corrected chi connectivity index (χ1v) is 9.56. The van der Waals surface area contributed by atoms with Gasteiger partial charge in [0.25, 0.3) is 0 Å². The average molecular weight is 353 g/mol. The Morgan fingerprint density at radius 3 is 2.23 bits per heavy atom. The summed E-state index contributed by atoms with van der Waals surface area (Å²) in [7, 11) is 0. The molecule has 140 valence electrons. The van der Waals surface area contributed by atoms with Crippen LogP contribution in [0.25, 0.3) is 12.2 Å². The summed E-state index contributed by atoms with van der Waals surface area (Å²) in [5.41, 5.74) is 4.94. The largest absolute Gasteiger partial charge is 0.508 e. The maximum atomic E-state index is 10.7. The summed E-state index contributed by atoms with van der Waals surface area (Å²) in [6.45, 7) is 10.5. The van der Waals surface area contributed by atoms with Gasteiger partial charge in [-0.3, -0.25) is 0 Å². The average Bonchev–Trinajstić information content (AvgIpc) is 2.57. The first-order chi connectivity index (χ1) is 12.2. The summed E-state index contributed by atoms with van der Waals surface area (Å²) in [4.78, 5) is 0. The summed E-state index contributed by atoms with van der Waals surface area (Å²) in [6.07, 6.45) is 8.50. The Balaban J connectivity index is 2.38. The van der Waals surface area contributed by atoms with E-state index in [2.05, 4.69) is 52.0 Å². The van der Waals surface area contributed by atoms with Gasteiger partial charge in [-0.1, -0.05) is 58.8 Å². The topological polar surface area (TPSA) is 40.5 Å². The molecular weight excluding hydrogens is 320 g/mol. The number of phenolic OH excluding ortho intramolecular Hbond substituents is 2. The fourth-order valence-electron chi connectivity index (χ4n) is 3.12. The Labute approximate surface area is 158 Å². The van der Waals surface area contributed by atoms with Gasteiger partial charge in [-0.05, 0) is 71.7 Å². The molecule has 0 amide bonds. The molecule has 0 saturated carbocycles. The van der Waals surface area contributed by atoms with E-state index in [-0.39, 0.29) is 5.41 Å². The van der Waals surface area contributed by atoms with Crippen LogP contribution in [0.1, 0.15) is 74.8 Å². The summed E-state index contributed by atoms with van der Waals surface area (Å²) < 4.78 is 0. The monoisotopic (exact) mass is 352 g/mol. The van der Waals surface area contributed by atoms with Crippen molar-refractivity contribution in [1.82, 2.24) is 0 Å². The molecular formula is C24H32O2. The molecule has 0 atom stereocenters. The van der Waals surface area contributed by atoms with Crippen LogP contribution in [0.5, 0.6) is 11.5 Å². The van der Waals surface area contributed by atoms with E-state index in [1.165, 1.54) is 12.8 Å². The first-order valence-electron chi connectivity index (χ1n) is 9.56. The Kier molecular flexibility index (Phi) is 6.52. The first kappa shape index (κ1) is 20.1. The molecule has 2 N–H and O–H groups in total. The Bertz CT molecular complexity index is 780. The molecule has 0 heterocycles. The molecule has 0 radical (unpaired) electrons. The van der Waals surface area contributed by atoms with Crippen molar-refractivity contribution in [2.75, 3.05) is 0 Å². The van der Waals surface area contributed by atoms with Crippen LogP contribution >= 0.6 is 0 Å². The van der Waals surface area contributed by atoms with Crippen LogP contribution < -0.4 is 0 Å². The molecule has 2 rings (SSSR count). The van der Waals surface area contributed by atoms with Gasteiger partial charge in [0.05, 0.1) is 0 Å². The fraction of sp³-hybridized carbons (Fsp3) is 0.417. The summed E-state index contributed by atoms with van der Waals surface area (Å²) in [5, 5.41) is 20.4. The van der Waals surface area contributed by atoms with Gasteiger partial charge in [-0.25, -0.2) is 0 Å². The van der Waals surface area contributed by atoms with Crippen molar-refractivity contribution in [3.05, 3.63) is 58.1 Å². The molecule has 2 aromatic carbocycles. The van der Waals surface area contributed by atoms with E-state index in [4.69, 9.17) is 0 Å². The second kappa shape index (κ2) is 8.44. The number of hydrogen-bond acceptors (Lipinski definition) is 2. The normalized spacial score (nSPS) is 12.0. The molecule has 2 nitrogen and oxygen atoms in total. The summed E-state index contributed by atoms with van der Waals surface area (Å²) in [6, 6.07) is 9.79. The Hall–Kier alpha value is -2.22. The molecule has 0 fully saturated rings. The minimum atomic E-state index is -0.109. The predicted octanol–water partition coefficient (Wildman–Crippen LogP) is 6.61. The molecule has 0 saturated heterocycles. The lowest BCUT2D eigenvalue weighted by Gasteiger charge is -2.23. The van der Waals surface area contributed by atoms with Crippen molar-refractivity contribution < 1.29 is 10.2 Å². The zero-order valence-electron chi connectivity index (χ0n) is 16.8. The molecule has 0 unspecified atom stereocenters. The third-order valence-corrected chi connectivity index (χ3v) is 4.76. The molecule has 0 aliphatic heterocycles. The van der Waals surface area contributed by atoms with Gasteiger partial charge in [0.2, 0.25) is 0 Å². The van der Waals surface area contributed by atoms with Gasteiger partial charge in [0, 0.05) is 5.56 Å². The molecule has 2 aromatic rings. The van der Waals surface area contributed by atoms with Crippen LogP contribution in [0.2, 0.25) is 0 Å². The lowest BCUT2D eigenvalue weighted by Crippen LogP contribution is -2.12. The van der Waals surface area contributed by atoms with Crippen molar-refractivity contribution in [1.29, 1.82) is 0 Å². The second-order valence-electron chi connectivity index (χ2n) is 8.16. The number of benzene rings is 2. The molecule has 2 heteroatoms. The summed E-state index contributed by atoms with van der Waals surface area (Å²) >= 11 is 0. The van der Waals surface area contributed by atoms with E-state index in [9.17, 15) is 10.2 Å². The fourth-order valence-corrected chi connectivity index (χ4v) is 3.12. The van der Waals surface area contributed by atoms with Crippen molar-refractivity contribution in [3.8, 4) is 11.5 Å². The van der Waals surface area contributed by atoms with E-state index in [0.717, 1.165) is 40.7 Å². The second-order valence-corrected chi connectivity index (χ2v) is 8.16. The maximum absolute atomic E-state index is 10.7. The van der Waals surface area contributed by atoms with E-state index < -0.39 is 0 Å². The highest BCUT2D eigenvalue weighted by molar-refractivity contribution is 5.72. The van der Waals surface area contributed by atoms with Gasteiger partial charge in [0.1, 0.15) is 11.5 Å². The van der Waals surface area contributed by atoms with E-state index >= 15 is 0 Å². The lowest BCUT2D eigenvalue weighted by molar-refractivity contribution is 0.439. The van der Waals surface area contributed by atoms with Crippen LogP contribution in [-0.4, -0.2) is 10.2 Å². The lowest BCUT2D eigenvalue weighted by atomic mass is 9.83. The standard InChI is InChI=1S/C24H32O2/c1-6-7-8-9-20-15-19(16-21(23(20)26)24(3,4)5)11-10-18-12-13-22(25)17(2)14-18/h10-16,25-26H,6-9H2,1-5H3/b11-10+. The zero-order chi connectivity index (χ0) is 19.3. The number of rotatable bonds is 6. The molecule has 0 aromatic heterocycles. The van der Waals surface area contributed by atoms with Crippen molar-refractivity contribution in [3.63, 3.8) is 0 Å². The van der Waals surface area contributed by atoms with Crippen LogP contribution in [0.15, 0.2) is 30.3 Å². The van der Waals surface area contributed by atoms with Crippen LogP contribution in [0.4, 0.5) is 0 Å². The number of unbranched alkanes of at least 4 members (excludes halogenated alkanes) is 2. The smallest absolute Gasteiger partial charge is 0.122 e. The Morgan fingerprint density at radius 1 is 0.923 bits per heavy atom. The highest BCUT2D eigenvalue weighted by atomic mass is 16.3. The van der Waals surface area contributed by atoms with Gasteiger partial charge in [-0.15, -0.1) is 0 Å². The zero-order valence-corrected chi connectivity index (χ0v) is 16.8. The van der Waals surface area contributed by atoms with Crippen LogP contribution in [0.3, 0.4) is 0 Å². The number of phenols is 2. The maximum Gasteiger partial charge on any atom is 0.122 e. The van der Waals surface area contributed by atoms with Crippen molar-refractivity contribution >= 4 is 12.2 Å². The third kappa shape index (κ3) is 5.14. The van der Waals surface area contributed by atoms with Crippen LogP contribution in [-0.2, 0) is 11.8 Å². The van der Waals surface area contributed by atoms with Crippen LogP contribution in [0, 0.1) is 6.92 Å². The molecule has 0 aliphatic rings. The highest BCUT2D eigenvalue weighted by Crippen LogP contribution is 2.35.